The Bertz CT molecular complexity index is 456. The van der Waals surface area contributed by atoms with E-state index >= 15 is 0 Å². The molecular formula is C11H13Cl2NO3S. The van der Waals surface area contributed by atoms with E-state index in [1.54, 1.807) is 0 Å². The number of hydrogen-bond acceptors (Lipinski definition) is 5. The highest BCUT2D eigenvalue weighted by molar-refractivity contribution is 8.13. The van der Waals surface area contributed by atoms with E-state index in [2.05, 4.69) is 0 Å². The van der Waals surface area contributed by atoms with Gasteiger partial charge >= 0.3 is 0 Å². The van der Waals surface area contributed by atoms with Crippen molar-refractivity contribution in [1.29, 1.82) is 0 Å². The summed E-state index contributed by atoms with van der Waals surface area (Å²) >= 11 is 12.7. The molecule has 0 saturated heterocycles. The summed E-state index contributed by atoms with van der Waals surface area (Å²) in [5.41, 5.74) is 6.14. The van der Waals surface area contributed by atoms with Crippen molar-refractivity contribution in [2.75, 3.05) is 11.5 Å². The lowest BCUT2D eigenvalue weighted by Crippen LogP contribution is -2.21. The third-order valence-corrected chi connectivity index (χ3v) is 3.83. The van der Waals surface area contributed by atoms with Gasteiger partial charge in [0.15, 0.2) is 5.12 Å². The number of aliphatic hydroxyl groups excluding tert-OH is 2. The second-order valence-electron chi connectivity index (χ2n) is 3.71. The number of aliphatic hydroxyl groups is 2. The zero-order valence-electron chi connectivity index (χ0n) is 9.56. The highest BCUT2D eigenvalue weighted by atomic mass is 35.5. The fraction of sp³-hybridized carbons (Fsp3) is 0.364. The number of nitrogen functional groups attached to an aromatic ring is 1. The Morgan fingerprint density at radius 1 is 1.39 bits per heavy atom. The van der Waals surface area contributed by atoms with E-state index < -0.39 is 12.2 Å². The summed E-state index contributed by atoms with van der Waals surface area (Å²) in [5, 5.41) is 20.0. The summed E-state index contributed by atoms with van der Waals surface area (Å²) in [6, 6.07) is 2.82. The summed E-state index contributed by atoms with van der Waals surface area (Å²) in [7, 11) is 0. The number of hydrogen-bond donors (Lipinski definition) is 3. The molecule has 0 bridgehead atoms. The van der Waals surface area contributed by atoms with Crippen LogP contribution in [0.3, 0.4) is 0 Å². The summed E-state index contributed by atoms with van der Waals surface area (Å²) in [6.45, 7) is 1.39. The van der Waals surface area contributed by atoms with E-state index in [9.17, 15) is 15.0 Å². The smallest absolute Gasteiger partial charge is 0.185 e. The molecule has 0 spiro atoms. The monoisotopic (exact) mass is 309 g/mol. The van der Waals surface area contributed by atoms with Crippen LogP contribution in [0.5, 0.6) is 0 Å². The van der Waals surface area contributed by atoms with Crippen LogP contribution in [-0.4, -0.2) is 27.2 Å². The normalized spacial score (nSPS) is 14.3. The molecule has 18 heavy (non-hydrogen) atoms. The Hall–Kier alpha value is -0.460. The zero-order valence-corrected chi connectivity index (χ0v) is 11.9. The van der Waals surface area contributed by atoms with Gasteiger partial charge in [-0.3, -0.25) is 4.79 Å². The first-order valence-corrected chi connectivity index (χ1v) is 6.81. The first kappa shape index (κ1) is 15.6. The number of carbonyl (C=O) groups excluding carboxylic acids is 1. The lowest BCUT2D eigenvalue weighted by atomic mass is 10.0. The van der Waals surface area contributed by atoms with Crippen molar-refractivity contribution in [3.05, 3.63) is 27.7 Å². The molecule has 4 nitrogen and oxygen atoms in total. The van der Waals surface area contributed by atoms with Crippen molar-refractivity contribution in [3.8, 4) is 0 Å². The maximum absolute atomic E-state index is 10.8. The summed E-state index contributed by atoms with van der Waals surface area (Å²) in [5.74, 6) is 0.0782. The Labute approximate surface area is 119 Å². The molecule has 0 amide bonds. The molecule has 7 heteroatoms. The fourth-order valence-electron chi connectivity index (χ4n) is 1.31. The minimum atomic E-state index is -1.22. The fourth-order valence-corrected chi connectivity index (χ4v) is 2.35. The van der Waals surface area contributed by atoms with E-state index in [-0.39, 0.29) is 26.5 Å². The van der Waals surface area contributed by atoms with Crippen molar-refractivity contribution in [2.24, 2.45) is 0 Å². The largest absolute Gasteiger partial charge is 0.397 e. The predicted octanol–water partition coefficient (Wildman–Crippen LogP) is 2.25. The number of benzene rings is 1. The van der Waals surface area contributed by atoms with Gasteiger partial charge in [-0.15, -0.1) is 0 Å². The van der Waals surface area contributed by atoms with Crippen LogP contribution in [0.2, 0.25) is 10.0 Å². The highest BCUT2D eigenvalue weighted by Crippen LogP contribution is 2.32. The van der Waals surface area contributed by atoms with Gasteiger partial charge in [-0.1, -0.05) is 35.0 Å². The van der Waals surface area contributed by atoms with E-state index in [0.717, 1.165) is 11.8 Å². The number of anilines is 1. The molecule has 1 rings (SSSR count). The molecule has 0 aliphatic rings. The molecule has 0 heterocycles. The average Bonchev–Trinajstić information content (AvgIpc) is 2.29. The number of carbonyl (C=O) groups is 1. The summed E-state index contributed by atoms with van der Waals surface area (Å²) in [4.78, 5) is 10.8. The topological polar surface area (TPSA) is 83.5 Å². The van der Waals surface area contributed by atoms with Gasteiger partial charge in [0.25, 0.3) is 0 Å². The summed E-state index contributed by atoms with van der Waals surface area (Å²) in [6.07, 6.45) is -2.33. The van der Waals surface area contributed by atoms with E-state index in [1.807, 2.05) is 0 Å². The molecule has 0 radical (unpaired) electrons. The van der Waals surface area contributed by atoms with E-state index in [1.165, 1.54) is 19.1 Å². The molecule has 4 N–H and O–H groups in total. The van der Waals surface area contributed by atoms with Crippen LogP contribution < -0.4 is 5.73 Å². The Morgan fingerprint density at radius 3 is 2.56 bits per heavy atom. The van der Waals surface area contributed by atoms with Gasteiger partial charge in [-0.25, -0.2) is 0 Å². The SMILES string of the molecule is CC(=O)SCC(O)C(O)c1cc(Cl)c(N)cc1Cl. The standard InChI is InChI=1S/C11H13Cl2NO3S/c1-5(15)18-4-10(16)11(17)6-2-8(13)9(14)3-7(6)12/h2-3,10-11,16-17H,4,14H2,1H3. The third-order valence-electron chi connectivity index (χ3n) is 2.26. The lowest BCUT2D eigenvalue weighted by molar-refractivity contribution is -0.109. The maximum Gasteiger partial charge on any atom is 0.185 e. The Morgan fingerprint density at radius 2 is 2.00 bits per heavy atom. The van der Waals surface area contributed by atoms with Gasteiger partial charge < -0.3 is 15.9 Å². The van der Waals surface area contributed by atoms with E-state index in [0.29, 0.717) is 5.69 Å². The van der Waals surface area contributed by atoms with Gasteiger partial charge in [0.1, 0.15) is 6.10 Å². The van der Waals surface area contributed by atoms with Crippen LogP contribution in [0.15, 0.2) is 12.1 Å². The number of nitrogens with two attached hydrogens (primary N) is 1. The first-order chi connectivity index (χ1) is 8.32. The van der Waals surface area contributed by atoms with E-state index in [4.69, 9.17) is 28.9 Å². The average molecular weight is 310 g/mol. The van der Waals surface area contributed by atoms with Crippen molar-refractivity contribution >= 4 is 45.8 Å². The minimum absolute atomic E-state index is 0.0782. The van der Waals surface area contributed by atoms with Crippen LogP contribution in [0.4, 0.5) is 5.69 Å². The molecule has 0 fully saturated rings. The van der Waals surface area contributed by atoms with Crippen molar-refractivity contribution in [2.45, 2.75) is 19.1 Å². The molecule has 0 aromatic heterocycles. The van der Waals surface area contributed by atoms with Crippen molar-refractivity contribution < 1.29 is 15.0 Å². The second kappa shape index (κ2) is 6.63. The first-order valence-electron chi connectivity index (χ1n) is 5.06. The molecule has 1 aromatic rings. The van der Waals surface area contributed by atoms with Gasteiger partial charge in [-0.05, 0) is 12.1 Å². The molecule has 0 saturated carbocycles. The molecule has 2 unspecified atom stereocenters. The highest BCUT2D eigenvalue weighted by Gasteiger charge is 2.22. The Kier molecular flexibility index (Phi) is 5.75. The van der Waals surface area contributed by atoms with Crippen LogP contribution in [0, 0.1) is 0 Å². The molecular weight excluding hydrogens is 297 g/mol. The lowest BCUT2D eigenvalue weighted by Gasteiger charge is -2.19. The third kappa shape index (κ3) is 4.03. The molecule has 0 aliphatic heterocycles. The van der Waals surface area contributed by atoms with Crippen LogP contribution in [0.25, 0.3) is 0 Å². The second-order valence-corrected chi connectivity index (χ2v) is 5.72. The maximum atomic E-state index is 10.8. The Balaban J connectivity index is 2.86. The van der Waals surface area contributed by atoms with Crippen LogP contribution in [-0.2, 0) is 4.79 Å². The number of halogens is 2. The number of thioether (sulfide) groups is 1. The predicted molar refractivity (Wildman–Crippen MR) is 75.0 cm³/mol. The number of rotatable bonds is 4. The van der Waals surface area contributed by atoms with Crippen molar-refractivity contribution in [3.63, 3.8) is 0 Å². The zero-order chi connectivity index (χ0) is 13.9. The summed E-state index contributed by atoms with van der Waals surface area (Å²) < 4.78 is 0. The molecule has 0 aliphatic carbocycles. The van der Waals surface area contributed by atoms with Crippen molar-refractivity contribution in [1.82, 2.24) is 0 Å². The quantitative estimate of drug-likeness (QED) is 0.743. The van der Waals surface area contributed by atoms with Gasteiger partial charge in [0.05, 0.1) is 16.8 Å². The van der Waals surface area contributed by atoms with Gasteiger partial charge in [0.2, 0.25) is 0 Å². The molecule has 2 atom stereocenters. The van der Waals surface area contributed by atoms with Gasteiger partial charge in [-0.2, -0.15) is 0 Å². The molecule has 100 valence electrons. The van der Waals surface area contributed by atoms with Crippen LogP contribution in [0.1, 0.15) is 18.6 Å². The van der Waals surface area contributed by atoms with Gasteiger partial charge in [0, 0.05) is 23.3 Å². The minimum Gasteiger partial charge on any atom is -0.397 e. The molecule has 1 aromatic carbocycles. The van der Waals surface area contributed by atoms with Crippen LogP contribution >= 0.6 is 35.0 Å².